The van der Waals surface area contributed by atoms with Crippen molar-refractivity contribution in [2.75, 3.05) is 6.54 Å². The predicted molar refractivity (Wildman–Crippen MR) is 83.3 cm³/mol. The van der Waals surface area contributed by atoms with E-state index in [2.05, 4.69) is 39.0 Å². The molecule has 1 saturated carbocycles. The molecule has 3 atom stereocenters. The van der Waals surface area contributed by atoms with Crippen molar-refractivity contribution in [1.82, 2.24) is 0 Å². The molecule has 19 heavy (non-hydrogen) atoms. The zero-order chi connectivity index (χ0) is 13.8. The van der Waals surface area contributed by atoms with Gasteiger partial charge in [0.1, 0.15) is 0 Å². The van der Waals surface area contributed by atoms with Gasteiger partial charge in [0, 0.05) is 0 Å². The molecule has 0 spiro atoms. The van der Waals surface area contributed by atoms with Crippen molar-refractivity contribution < 1.29 is 0 Å². The third kappa shape index (κ3) is 3.39. The molecule has 1 aliphatic carbocycles. The Balaban J connectivity index is 2.14. The van der Waals surface area contributed by atoms with Crippen LogP contribution in [0.25, 0.3) is 0 Å². The summed E-state index contributed by atoms with van der Waals surface area (Å²) < 4.78 is 0. The molecule has 0 aromatic heterocycles. The van der Waals surface area contributed by atoms with Crippen molar-refractivity contribution in [2.45, 2.75) is 52.9 Å². The second kappa shape index (κ2) is 6.56. The second-order valence-corrected chi connectivity index (χ2v) is 6.42. The fraction of sp³-hybridized carbons (Fsp3) is 0.667. The highest BCUT2D eigenvalue weighted by Crippen LogP contribution is 2.37. The molecule has 0 radical (unpaired) electrons. The van der Waals surface area contributed by atoms with Gasteiger partial charge in [-0.25, -0.2) is 0 Å². The van der Waals surface area contributed by atoms with E-state index in [0.29, 0.717) is 0 Å². The first-order chi connectivity index (χ1) is 9.15. The normalized spacial score (nSPS) is 27.5. The monoisotopic (exact) mass is 259 g/mol. The van der Waals surface area contributed by atoms with Crippen molar-refractivity contribution in [2.24, 2.45) is 23.5 Å². The molecule has 0 saturated heterocycles. The number of nitrogens with two attached hydrogens (primary N) is 1. The van der Waals surface area contributed by atoms with Crippen LogP contribution in [-0.4, -0.2) is 6.54 Å². The van der Waals surface area contributed by atoms with Gasteiger partial charge in [-0.1, -0.05) is 38.0 Å². The van der Waals surface area contributed by atoms with Gasteiger partial charge in [0.05, 0.1) is 0 Å². The summed E-state index contributed by atoms with van der Waals surface area (Å²) in [6, 6.07) is 6.67. The first-order valence-electron chi connectivity index (χ1n) is 7.90. The first-order valence-corrected chi connectivity index (χ1v) is 7.90. The average Bonchev–Trinajstić information content (AvgIpc) is 2.42. The Kier molecular flexibility index (Phi) is 5.04. The first kappa shape index (κ1) is 14.6. The van der Waals surface area contributed by atoms with Crippen molar-refractivity contribution in [1.29, 1.82) is 0 Å². The van der Waals surface area contributed by atoms with E-state index in [4.69, 9.17) is 5.73 Å². The van der Waals surface area contributed by atoms with Gasteiger partial charge in [-0.05, 0) is 74.1 Å². The number of hydrogen-bond donors (Lipinski definition) is 1. The lowest BCUT2D eigenvalue weighted by Gasteiger charge is -2.36. The molecule has 2 rings (SSSR count). The molecule has 3 unspecified atom stereocenters. The molecule has 2 N–H and O–H groups in total. The molecule has 1 nitrogen and oxygen atoms in total. The van der Waals surface area contributed by atoms with E-state index in [0.717, 1.165) is 24.3 Å². The summed E-state index contributed by atoms with van der Waals surface area (Å²) >= 11 is 0. The Bertz CT molecular complexity index is 390. The van der Waals surface area contributed by atoms with E-state index >= 15 is 0 Å². The summed E-state index contributed by atoms with van der Waals surface area (Å²) in [6.07, 6.45) is 6.68. The van der Waals surface area contributed by atoms with Gasteiger partial charge in [0.2, 0.25) is 0 Å². The Hall–Kier alpha value is -0.820. The van der Waals surface area contributed by atoms with Gasteiger partial charge in [0.15, 0.2) is 0 Å². The highest BCUT2D eigenvalue weighted by atomic mass is 14.6. The summed E-state index contributed by atoms with van der Waals surface area (Å²) in [6.45, 7) is 7.70. The van der Waals surface area contributed by atoms with Crippen molar-refractivity contribution in [3.63, 3.8) is 0 Å². The Morgan fingerprint density at radius 3 is 2.37 bits per heavy atom. The van der Waals surface area contributed by atoms with Crippen LogP contribution in [0, 0.1) is 31.6 Å². The zero-order valence-corrected chi connectivity index (χ0v) is 12.8. The summed E-state index contributed by atoms with van der Waals surface area (Å²) in [5, 5.41) is 0. The van der Waals surface area contributed by atoms with Gasteiger partial charge in [0.25, 0.3) is 0 Å². The third-order valence-electron chi connectivity index (χ3n) is 5.24. The van der Waals surface area contributed by atoms with Crippen LogP contribution in [0.5, 0.6) is 0 Å². The Labute approximate surface area is 118 Å². The molecule has 1 aliphatic rings. The molecule has 106 valence electrons. The predicted octanol–water partition coefficient (Wildman–Crippen LogP) is 4.25. The average molecular weight is 259 g/mol. The minimum atomic E-state index is 0.738. The molecule has 1 aromatic carbocycles. The summed E-state index contributed by atoms with van der Waals surface area (Å²) in [7, 11) is 0. The lowest BCUT2D eigenvalue weighted by atomic mass is 9.70. The highest BCUT2D eigenvalue weighted by Gasteiger charge is 2.29. The van der Waals surface area contributed by atoms with Crippen molar-refractivity contribution in [3.05, 3.63) is 34.9 Å². The standard InChI is InChI=1S/C18H29N/c1-4-15-8-9-16(12-19)17(10-15)11-18-13(2)6-5-7-14(18)3/h5-7,15-17H,4,8-12,19H2,1-3H3. The fourth-order valence-electron chi connectivity index (χ4n) is 3.79. The summed E-state index contributed by atoms with van der Waals surface area (Å²) in [4.78, 5) is 0. The quantitative estimate of drug-likeness (QED) is 0.859. The minimum absolute atomic E-state index is 0.738. The van der Waals surface area contributed by atoms with Crippen LogP contribution in [0.15, 0.2) is 18.2 Å². The zero-order valence-electron chi connectivity index (χ0n) is 12.8. The van der Waals surface area contributed by atoms with E-state index in [1.54, 1.807) is 5.56 Å². The van der Waals surface area contributed by atoms with Gasteiger partial charge >= 0.3 is 0 Å². The van der Waals surface area contributed by atoms with E-state index in [-0.39, 0.29) is 0 Å². The largest absolute Gasteiger partial charge is 0.330 e. The highest BCUT2D eigenvalue weighted by molar-refractivity contribution is 5.33. The number of hydrogen-bond acceptors (Lipinski definition) is 1. The fourth-order valence-corrected chi connectivity index (χ4v) is 3.79. The van der Waals surface area contributed by atoms with Crippen molar-refractivity contribution >= 4 is 0 Å². The Morgan fingerprint density at radius 1 is 1.11 bits per heavy atom. The van der Waals surface area contributed by atoms with Gasteiger partial charge in [-0.3, -0.25) is 0 Å². The molecule has 1 fully saturated rings. The molecule has 0 heterocycles. The van der Waals surface area contributed by atoms with Gasteiger partial charge in [-0.2, -0.15) is 0 Å². The summed E-state index contributed by atoms with van der Waals surface area (Å²) in [5.41, 5.74) is 10.5. The third-order valence-corrected chi connectivity index (χ3v) is 5.24. The van der Waals surface area contributed by atoms with Crippen LogP contribution in [0.3, 0.4) is 0 Å². The van der Waals surface area contributed by atoms with Crippen LogP contribution in [0.4, 0.5) is 0 Å². The maximum absolute atomic E-state index is 6.01. The molecule has 1 heteroatoms. The molecule has 0 aliphatic heterocycles. The van der Waals surface area contributed by atoms with Crippen LogP contribution >= 0.6 is 0 Å². The molecular formula is C18H29N. The smallest absolute Gasteiger partial charge is 0.00461 e. The molecule has 0 bridgehead atoms. The molecule has 1 aromatic rings. The number of rotatable bonds is 4. The molecule has 0 amide bonds. The van der Waals surface area contributed by atoms with Crippen LogP contribution in [0.1, 0.15) is 49.3 Å². The number of aryl methyl sites for hydroxylation is 2. The van der Waals surface area contributed by atoms with E-state index in [1.807, 2.05) is 0 Å². The second-order valence-electron chi connectivity index (χ2n) is 6.42. The maximum Gasteiger partial charge on any atom is -0.00461 e. The molecular weight excluding hydrogens is 230 g/mol. The van der Waals surface area contributed by atoms with Crippen LogP contribution in [-0.2, 0) is 6.42 Å². The SMILES string of the molecule is CCC1CCC(CN)C(Cc2c(C)cccc2C)C1. The Morgan fingerprint density at radius 2 is 1.79 bits per heavy atom. The van der Waals surface area contributed by atoms with Gasteiger partial charge < -0.3 is 5.73 Å². The topological polar surface area (TPSA) is 26.0 Å². The van der Waals surface area contributed by atoms with Crippen LogP contribution in [0.2, 0.25) is 0 Å². The maximum atomic E-state index is 6.01. The van der Waals surface area contributed by atoms with E-state index in [1.165, 1.54) is 43.2 Å². The van der Waals surface area contributed by atoms with E-state index in [9.17, 15) is 0 Å². The van der Waals surface area contributed by atoms with Gasteiger partial charge in [-0.15, -0.1) is 0 Å². The minimum Gasteiger partial charge on any atom is -0.330 e. The summed E-state index contributed by atoms with van der Waals surface area (Å²) in [5.74, 6) is 2.46. The number of benzene rings is 1. The van der Waals surface area contributed by atoms with E-state index < -0.39 is 0 Å². The lowest BCUT2D eigenvalue weighted by Crippen LogP contribution is -2.31. The lowest BCUT2D eigenvalue weighted by molar-refractivity contribution is 0.179. The van der Waals surface area contributed by atoms with Crippen LogP contribution < -0.4 is 5.73 Å². The van der Waals surface area contributed by atoms with Crippen molar-refractivity contribution in [3.8, 4) is 0 Å².